The first kappa shape index (κ1) is 21.2. The molecule has 10 heteroatoms. The summed E-state index contributed by atoms with van der Waals surface area (Å²) < 4.78 is 16.2. The minimum atomic E-state index is -0.629. The molecule has 0 aliphatic carbocycles. The number of rotatable bonds is 5. The van der Waals surface area contributed by atoms with E-state index in [0.717, 1.165) is 10.5 Å². The zero-order valence-electron chi connectivity index (χ0n) is 17.8. The Morgan fingerprint density at radius 3 is 2.61 bits per heavy atom. The summed E-state index contributed by atoms with van der Waals surface area (Å²) in [6.07, 6.45) is 1.97. The average molecular weight is 468 g/mol. The van der Waals surface area contributed by atoms with E-state index in [1.54, 1.807) is 30.0 Å². The number of thioether (sulfide) groups is 1. The Labute approximate surface area is 194 Å². The molecule has 0 spiro atoms. The van der Waals surface area contributed by atoms with Gasteiger partial charge in [0.2, 0.25) is 5.91 Å². The largest absolute Gasteiger partial charge is 0.486 e. The summed E-state index contributed by atoms with van der Waals surface area (Å²) in [4.78, 5) is 40.5. The molecule has 1 atom stereocenters. The van der Waals surface area contributed by atoms with Crippen molar-refractivity contribution in [1.82, 2.24) is 10.2 Å². The number of esters is 1. The minimum Gasteiger partial charge on any atom is -0.486 e. The number of nitrogens with one attached hydrogen (secondary N) is 2. The van der Waals surface area contributed by atoms with Crippen molar-refractivity contribution in [3.63, 3.8) is 0 Å². The van der Waals surface area contributed by atoms with Crippen molar-refractivity contribution in [1.29, 1.82) is 0 Å². The maximum Gasteiger partial charge on any atom is 0.338 e. The van der Waals surface area contributed by atoms with Crippen molar-refractivity contribution >= 4 is 35.4 Å². The second-order valence-electron chi connectivity index (χ2n) is 7.58. The van der Waals surface area contributed by atoms with Crippen molar-refractivity contribution in [2.24, 2.45) is 0 Å². The van der Waals surface area contributed by atoms with Gasteiger partial charge in [-0.05, 0) is 36.1 Å². The first-order valence-electron chi connectivity index (χ1n) is 10.3. The monoisotopic (exact) mass is 467 g/mol. The van der Waals surface area contributed by atoms with Gasteiger partial charge in [-0.1, -0.05) is 12.1 Å². The van der Waals surface area contributed by atoms with E-state index in [4.69, 9.17) is 14.2 Å². The number of benzene rings is 2. The number of hydrogen-bond donors (Lipinski definition) is 2. The summed E-state index contributed by atoms with van der Waals surface area (Å²) in [5.74, 6) is 0.240. The lowest BCUT2D eigenvalue weighted by atomic mass is 9.96. The Bertz CT molecular complexity index is 1160. The number of fused-ring (bicyclic) bond motifs is 1. The van der Waals surface area contributed by atoms with Gasteiger partial charge in [-0.15, -0.1) is 11.8 Å². The lowest BCUT2D eigenvalue weighted by Gasteiger charge is -2.32. The predicted molar refractivity (Wildman–Crippen MR) is 120 cm³/mol. The quantitative estimate of drug-likeness (QED) is 0.514. The minimum absolute atomic E-state index is 0.0573. The number of anilines is 1. The molecular formula is C23H21N3O6S. The summed E-state index contributed by atoms with van der Waals surface area (Å²) in [6.45, 7) is 0.584. The van der Waals surface area contributed by atoms with Crippen molar-refractivity contribution in [3.8, 4) is 11.5 Å². The SMILES string of the molecule is CSc1ccc([C@H]2NC(=O)N(CC(=O)Nc3ccc4c(c3)OCCO4)C3=C2C(=O)OC3)cc1. The van der Waals surface area contributed by atoms with E-state index in [-0.39, 0.29) is 13.2 Å². The third kappa shape index (κ3) is 4.09. The van der Waals surface area contributed by atoms with E-state index in [2.05, 4.69) is 10.6 Å². The smallest absolute Gasteiger partial charge is 0.338 e. The molecule has 9 nitrogen and oxygen atoms in total. The van der Waals surface area contributed by atoms with Crippen LogP contribution in [0, 0.1) is 0 Å². The first-order valence-corrected chi connectivity index (χ1v) is 11.6. The second kappa shape index (κ2) is 8.70. The summed E-state index contributed by atoms with van der Waals surface area (Å²) in [6, 6.07) is 11.6. The van der Waals surface area contributed by atoms with Crippen LogP contribution in [0.25, 0.3) is 0 Å². The van der Waals surface area contributed by atoms with Gasteiger partial charge < -0.3 is 24.8 Å². The number of amides is 3. The molecule has 3 aliphatic rings. The van der Waals surface area contributed by atoms with Crippen LogP contribution in [0.1, 0.15) is 11.6 Å². The molecule has 2 aromatic rings. The van der Waals surface area contributed by atoms with Crippen LogP contribution in [0.4, 0.5) is 10.5 Å². The number of ether oxygens (including phenoxy) is 3. The van der Waals surface area contributed by atoms with Gasteiger partial charge in [-0.3, -0.25) is 9.69 Å². The van der Waals surface area contributed by atoms with Gasteiger partial charge in [0.25, 0.3) is 0 Å². The van der Waals surface area contributed by atoms with E-state index < -0.39 is 23.9 Å². The van der Waals surface area contributed by atoms with Crippen LogP contribution in [0.15, 0.2) is 58.6 Å². The number of carbonyl (C=O) groups is 3. The Balaban J connectivity index is 1.35. The molecule has 2 aromatic carbocycles. The summed E-state index contributed by atoms with van der Waals surface area (Å²) in [7, 11) is 0. The van der Waals surface area contributed by atoms with E-state index in [1.807, 2.05) is 30.5 Å². The van der Waals surface area contributed by atoms with Gasteiger partial charge >= 0.3 is 12.0 Å². The van der Waals surface area contributed by atoms with Crippen LogP contribution in [-0.2, 0) is 14.3 Å². The van der Waals surface area contributed by atoms with Gasteiger partial charge in [0.05, 0.1) is 17.3 Å². The average Bonchev–Trinajstić information content (AvgIpc) is 3.22. The van der Waals surface area contributed by atoms with Crippen LogP contribution in [0.2, 0.25) is 0 Å². The molecule has 0 saturated carbocycles. The zero-order chi connectivity index (χ0) is 22.9. The molecule has 2 N–H and O–H groups in total. The fourth-order valence-electron chi connectivity index (χ4n) is 3.99. The van der Waals surface area contributed by atoms with E-state index in [9.17, 15) is 14.4 Å². The lowest BCUT2D eigenvalue weighted by Crippen LogP contribution is -2.49. The molecule has 33 heavy (non-hydrogen) atoms. The topological polar surface area (TPSA) is 106 Å². The number of urea groups is 1. The summed E-state index contributed by atoms with van der Waals surface area (Å²) in [5.41, 5.74) is 2.04. The van der Waals surface area contributed by atoms with Crippen LogP contribution < -0.4 is 20.1 Å². The van der Waals surface area contributed by atoms with E-state index in [1.165, 1.54) is 4.90 Å². The van der Waals surface area contributed by atoms with Crippen molar-refractivity contribution < 1.29 is 28.6 Å². The van der Waals surface area contributed by atoms with Crippen molar-refractivity contribution in [3.05, 3.63) is 59.3 Å². The number of carbonyl (C=O) groups excluding carboxylic acids is 3. The van der Waals surface area contributed by atoms with E-state index in [0.29, 0.717) is 41.7 Å². The molecule has 0 aromatic heterocycles. The number of nitrogens with zero attached hydrogens (tertiary/aromatic N) is 1. The summed E-state index contributed by atoms with van der Waals surface area (Å²) >= 11 is 1.60. The maximum atomic E-state index is 12.9. The summed E-state index contributed by atoms with van der Waals surface area (Å²) in [5, 5.41) is 5.60. The zero-order valence-corrected chi connectivity index (χ0v) is 18.6. The van der Waals surface area contributed by atoms with Gasteiger partial charge in [-0.2, -0.15) is 0 Å². The van der Waals surface area contributed by atoms with Gasteiger partial charge in [0.1, 0.15) is 26.4 Å². The lowest BCUT2D eigenvalue weighted by molar-refractivity contribution is -0.136. The molecular weight excluding hydrogens is 446 g/mol. The molecule has 0 fully saturated rings. The highest BCUT2D eigenvalue weighted by molar-refractivity contribution is 7.98. The van der Waals surface area contributed by atoms with Crippen LogP contribution in [0.3, 0.4) is 0 Å². The Morgan fingerprint density at radius 1 is 1.09 bits per heavy atom. The second-order valence-corrected chi connectivity index (χ2v) is 8.46. The highest BCUT2D eigenvalue weighted by Crippen LogP contribution is 2.36. The molecule has 170 valence electrons. The number of hydrogen-bond acceptors (Lipinski definition) is 7. The normalized spacial score (nSPS) is 19.1. The maximum absolute atomic E-state index is 12.9. The highest BCUT2D eigenvalue weighted by atomic mass is 32.2. The van der Waals surface area contributed by atoms with Crippen molar-refractivity contribution in [2.45, 2.75) is 10.9 Å². The standard InChI is InChI=1S/C23H21N3O6S/c1-33-15-5-2-13(3-6-15)21-20-16(12-32-22(20)28)26(23(29)25-21)11-19(27)24-14-4-7-17-18(10-14)31-9-8-30-17/h2-7,10,21H,8-9,11-12H2,1H3,(H,24,27)(H,25,29)/t21-/m1/s1. The molecule has 0 radical (unpaired) electrons. The molecule has 0 saturated heterocycles. The third-order valence-corrected chi connectivity index (χ3v) is 6.32. The molecule has 5 rings (SSSR count). The fraction of sp³-hybridized carbons (Fsp3) is 0.261. The molecule has 3 aliphatic heterocycles. The fourth-order valence-corrected chi connectivity index (χ4v) is 4.40. The van der Waals surface area contributed by atoms with Crippen LogP contribution >= 0.6 is 11.8 Å². The molecule has 0 bridgehead atoms. The molecule has 3 amide bonds. The predicted octanol–water partition coefficient (Wildman–Crippen LogP) is 2.70. The first-order chi connectivity index (χ1) is 16.0. The van der Waals surface area contributed by atoms with Gasteiger partial charge in [-0.25, -0.2) is 9.59 Å². The van der Waals surface area contributed by atoms with Gasteiger partial charge in [0, 0.05) is 16.6 Å². The van der Waals surface area contributed by atoms with Crippen molar-refractivity contribution in [2.75, 3.05) is 37.9 Å². The highest BCUT2D eigenvalue weighted by Gasteiger charge is 2.42. The third-order valence-electron chi connectivity index (χ3n) is 5.58. The van der Waals surface area contributed by atoms with Gasteiger partial charge in [0.15, 0.2) is 11.5 Å². The molecule has 0 unspecified atom stereocenters. The van der Waals surface area contributed by atoms with Crippen LogP contribution in [-0.4, -0.2) is 55.4 Å². The Kier molecular flexibility index (Phi) is 5.59. The van der Waals surface area contributed by atoms with E-state index >= 15 is 0 Å². The molecule has 3 heterocycles. The Hall–Kier alpha value is -3.66. The Morgan fingerprint density at radius 2 is 1.85 bits per heavy atom. The number of cyclic esters (lactones) is 1. The van der Waals surface area contributed by atoms with Crippen LogP contribution in [0.5, 0.6) is 11.5 Å².